The normalized spacial score (nSPS) is 30.3. The molecule has 9 nitrogen and oxygen atoms in total. The molecule has 2 amide bonds. The van der Waals surface area contributed by atoms with Crippen LogP contribution in [-0.4, -0.2) is 54.1 Å². The van der Waals surface area contributed by atoms with Crippen molar-refractivity contribution in [2.75, 3.05) is 7.11 Å². The molecule has 2 bridgehead atoms. The second-order valence-corrected chi connectivity index (χ2v) is 8.53. The number of carboxylic acids is 1. The van der Waals surface area contributed by atoms with Crippen LogP contribution in [0.5, 0.6) is 0 Å². The van der Waals surface area contributed by atoms with Gasteiger partial charge in [-0.2, -0.15) is 0 Å². The molecule has 2 rings (SSSR count). The maximum atomic E-state index is 12.8. The Morgan fingerprint density at radius 2 is 1.85 bits per heavy atom. The fourth-order valence-corrected chi connectivity index (χ4v) is 4.77. The van der Waals surface area contributed by atoms with Crippen molar-refractivity contribution in [2.24, 2.45) is 22.5 Å². The van der Waals surface area contributed by atoms with E-state index in [1.165, 1.54) is 0 Å². The van der Waals surface area contributed by atoms with Crippen molar-refractivity contribution in [3.05, 3.63) is 0 Å². The van der Waals surface area contributed by atoms with Gasteiger partial charge in [0.25, 0.3) is 5.91 Å². The van der Waals surface area contributed by atoms with Gasteiger partial charge in [0.2, 0.25) is 11.9 Å². The van der Waals surface area contributed by atoms with Crippen LogP contribution >= 0.6 is 0 Å². The lowest BCUT2D eigenvalue weighted by molar-refractivity contribution is -0.150. The molecule has 0 spiro atoms. The summed E-state index contributed by atoms with van der Waals surface area (Å²) in [5, 5.41) is 13.9. The standard InChI is InChI=1S/C18H29N3O6/c1-17(2)9-5-6-18(3,8-9)16(17)21-14(25)12(15(26)27-4)20-13(24)10(19)7-11(22)23/h9-10,12,16H,5-8,19H2,1-4H3,(H,20,24)(H,21,25)(H,22,23)/t9?,10-,12+,16?,18?/m0/s1. The van der Waals surface area contributed by atoms with Gasteiger partial charge in [0.1, 0.15) is 0 Å². The van der Waals surface area contributed by atoms with E-state index in [1.54, 1.807) is 0 Å². The van der Waals surface area contributed by atoms with Gasteiger partial charge >= 0.3 is 11.9 Å². The monoisotopic (exact) mass is 383 g/mol. The van der Waals surface area contributed by atoms with Crippen LogP contribution in [0.4, 0.5) is 0 Å². The molecule has 2 aliphatic carbocycles. The summed E-state index contributed by atoms with van der Waals surface area (Å²) in [5.74, 6) is -3.28. The first-order chi connectivity index (χ1) is 12.4. The summed E-state index contributed by atoms with van der Waals surface area (Å²) in [6, 6.07) is -3.10. The highest BCUT2D eigenvalue weighted by Gasteiger charge is 2.60. The van der Waals surface area contributed by atoms with Gasteiger partial charge in [-0.1, -0.05) is 20.8 Å². The van der Waals surface area contributed by atoms with E-state index in [0.717, 1.165) is 26.4 Å². The Balaban J connectivity index is 2.12. The first kappa shape index (κ1) is 21.1. The van der Waals surface area contributed by atoms with Gasteiger partial charge in [-0.3, -0.25) is 14.4 Å². The van der Waals surface area contributed by atoms with E-state index >= 15 is 0 Å². The molecule has 0 heterocycles. The second-order valence-electron chi connectivity index (χ2n) is 8.53. The van der Waals surface area contributed by atoms with Gasteiger partial charge in [-0.05, 0) is 36.0 Å². The molecule has 5 atom stereocenters. The van der Waals surface area contributed by atoms with E-state index in [0.29, 0.717) is 5.92 Å². The average Bonchev–Trinajstić information content (AvgIpc) is 3.05. The maximum absolute atomic E-state index is 12.8. The third-order valence-electron chi connectivity index (χ3n) is 6.27. The molecule has 0 aromatic carbocycles. The number of esters is 1. The number of rotatable bonds is 7. The minimum Gasteiger partial charge on any atom is -0.481 e. The first-order valence-electron chi connectivity index (χ1n) is 9.08. The Morgan fingerprint density at radius 1 is 1.22 bits per heavy atom. The number of aliphatic carboxylic acids is 1. The highest BCUT2D eigenvalue weighted by Crippen LogP contribution is 2.62. The molecular formula is C18H29N3O6. The summed E-state index contributed by atoms with van der Waals surface area (Å²) < 4.78 is 4.63. The number of fused-ring (bicyclic) bond motifs is 2. The summed E-state index contributed by atoms with van der Waals surface area (Å²) >= 11 is 0. The van der Waals surface area contributed by atoms with Gasteiger partial charge in [-0.15, -0.1) is 0 Å². The van der Waals surface area contributed by atoms with Crippen molar-refractivity contribution in [1.29, 1.82) is 0 Å². The number of nitrogens with two attached hydrogens (primary N) is 1. The molecule has 0 aliphatic heterocycles. The largest absolute Gasteiger partial charge is 0.481 e. The van der Waals surface area contributed by atoms with Crippen LogP contribution in [-0.2, 0) is 23.9 Å². The summed E-state index contributed by atoms with van der Waals surface area (Å²) in [5.41, 5.74) is 5.32. The zero-order valence-electron chi connectivity index (χ0n) is 16.2. The third-order valence-corrected chi connectivity index (χ3v) is 6.27. The van der Waals surface area contributed by atoms with Crippen LogP contribution in [0.15, 0.2) is 0 Å². The quantitative estimate of drug-likeness (QED) is 0.351. The van der Waals surface area contributed by atoms with Gasteiger partial charge < -0.3 is 26.2 Å². The molecule has 2 fully saturated rings. The fourth-order valence-electron chi connectivity index (χ4n) is 4.77. The Morgan fingerprint density at radius 3 is 2.33 bits per heavy atom. The fraction of sp³-hybridized carbons (Fsp3) is 0.778. The molecule has 0 saturated heterocycles. The molecule has 5 N–H and O–H groups in total. The summed E-state index contributed by atoms with van der Waals surface area (Å²) in [6.45, 7) is 6.32. The van der Waals surface area contributed by atoms with E-state index in [9.17, 15) is 19.2 Å². The predicted octanol–water partition coefficient (Wildman–Crippen LogP) is -0.223. The highest BCUT2D eigenvalue weighted by molar-refractivity contribution is 6.05. The van der Waals surface area contributed by atoms with Crippen LogP contribution < -0.4 is 16.4 Å². The minimum atomic E-state index is -1.58. The van der Waals surface area contributed by atoms with Crippen molar-refractivity contribution < 1.29 is 29.0 Å². The van der Waals surface area contributed by atoms with Gasteiger partial charge in [-0.25, -0.2) is 4.79 Å². The zero-order valence-corrected chi connectivity index (χ0v) is 16.2. The molecule has 0 aromatic heterocycles. The second kappa shape index (κ2) is 7.46. The molecule has 2 saturated carbocycles. The van der Waals surface area contributed by atoms with E-state index in [-0.39, 0.29) is 16.9 Å². The Bertz CT molecular complexity index is 644. The molecule has 0 aromatic rings. The zero-order chi connectivity index (χ0) is 20.6. The van der Waals surface area contributed by atoms with Crippen molar-refractivity contribution >= 4 is 23.8 Å². The summed E-state index contributed by atoms with van der Waals surface area (Å²) in [7, 11) is 1.11. The maximum Gasteiger partial charge on any atom is 0.338 e. The van der Waals surface area contributed by atoms with Crippen LogP contribution in [0, 0.1) is 16.7 Å². The van der Waals surface area contributed by atoms with Gasteiger partial charge in [0.05, 0.1) is 19.6 Å². The lowest BCUT2D eigenvalue weighted by Crippen LogP contribution is -2.60. The van der Waals surface area contributed by atoms with E-state index in [4.69, 9.17) is 10.8 Å². The molecule has 2 aliphatic rings. The van der Waals surface area contributed by atoms with Crippen molar-refractivity contribution in [2.45, 2.75) is 64.6 Å². The minimum absolute atomic E-state index is 0.0613. The van der Waals surface area contributed by atoms with Crippen molar-refractivity contribution in [3.63, 3.8) is 0 Å². The molecular weight excluding hydrogens is 354 g/mol. The van der Waals surface area contributed by atoms with Crippen LogP contribution in [0.3, 0.4) is 0 Å². The number of amides is 2. The van der Waals surface area contributed by atoms with Crippen LogP contribution in [0.1, 0.15) is 46.5 Å². The van der Waals surface area contributed by atoms with Gasteiger partial charge in [0.15, 0.2) is 0 Å². The number of methoxy groups -OCH3 is 1. The third kappa shape index (κ3) is 4.07. The molecule has 3 unspecified atom stereocenters. The van der Waals surface area contributed by atoms with Crippen LogP contribution in [0.2, 0.25) is 0 Å². The highest BCUT2D eigenvalue weighted by atomic mass is 16.5. The van der Waals surface area contributed by atoms with Gasteiger partial charge in [0, 0.05) is 6.04 Å². The summed E-state index contributed by atoms with van der Waals surface area (Å²) in [6.07, 6.45) is 2.49. The van der Waals surface area contributed by atoms with Crippen LogP contribution in [0.25, 0.3) is 0 Å². The lowest BCUT2D eigenvalue weighted by Gasteiger charge is -2.43. The van der Waals surface area contributed by atoms with E-state index in [2.05, 4.69) is 36.1 Å². The number of hydrogen-bond donors (Lipinski definition) is 4. The Kier molecular flexibility index (Phi) is 5.84. The smallest absolute Gasteiger partial charge is 0.338 e. The average molecular weight is 383 g/mol. The molecule has 0 radical (unpaired) electrons. The number of carbonyl (C=O) groups excluding carboxylic acids is 3. The lowest BCUT2D eigenvalue weighted by atomic mass is 9.68. The topological polar surface area (TPSA) is 148 Å². The number of carbonyl (C=O) groups is 4. The number of nitrogens with one attached hydrogen (secondary N) is 2. The van der Waals surface area contributed by atoms with Crippen molar-refractivity contribution in [3.8, 4) is 0 Å². The predicted molar refractivity (Wildman–Crippen MR) is 95.3 cm³/mol. The van der Waals surface area contributed by atoms with E-state index in [1.807, 2.05) is 0 Å². The number of ether oxygens (including phenoxy) is 1. The Hall–Kier alpha value is -2.16. The number of hydrogen-bond acceptors (Lipinski definition) is 6. The first-order valence-corrected chi connectivity index (χ1v) is 9.08. The summed E-state index contributed by atoms with van der Waals surface area (Å²) in [4.78, 5) is 47.6. The molecule has 9 heteroatoms. The molecule has 152 valence electrons. The number of carboxylic acid groups (broad SMARTS) is 1. The van der Waals surface area contributed by atoms with E-state index < -0.39 is 42.3 Å². The Labute approximate surface area is 158 Å². The molecule has 27 heavy (non-hydrogen) atoms. The SMILES string of the molecule is COC(=O)[C@H](NC(=O)[C@@H](N)CC(=O)O)C(=O)NC1C2(C)CCC(C2)C1(C)C. The van der Waals surface area contributed by atoms with Crippen molar-refractivity contribution in [1.82, 2.24) is 10.6 Å².